The molecule has 1 aliphatic carbocycles. The molecule has 0 unspecified atom stereocenters. The van der Waals surface area contributed by atoms with Crippen LogP contribution in [0.4, 0.5) is 13.2 Å². The number of aliphatic carboxylic acids is 1. The molecule has 0 aliphatic heterocycles. The van der Waals surface area contributed by atoms with Gasteiger partial charge in [0.1, 0.15) is 5.65 Å². The lowest BCUT2D eigenvalue weighted by Gasteiger charge is -2.31. The fourth-order valence-electron chi connectivity index (χ4n) is 4.48. The van der Waals surface area contributed by atoms with Crippen molar-refractivity contribution in [3.8, 4) is 0 Å². The van der Waals surface area contributed by atoms with Crippen molar-refractivity contribution < 1.29 is 23.1 Å². The lowest BCUT2D eigenvalue weighted by molar-refractivity contribution is -0.138. The SMILES string of the molecule is O=C(O)/C=C/c1ccc(/C(=C(\c2ncc(C(F)(F)F)cc2Cl)C2CCC2)c2ccc3nccn3c2)cc1. The maximum Gasteiger partial charge on any atom is 0.417 e. The minimum absolute atomic E-state index is 0.0565. The highest BCUT2D eigenvalue weighted by molar-refractivity contribution is 6.32. The summed E-state index contributed by atoms with van der Waals surface area (Å²) >= 11 is 6.47. The Morgan fingerprint density at radius 1 is 1.08 bits per heavy atom. The van der Waals surface area contributed by atoms with Crippen LogP contribution in [0.15, 0.2) is 73.3 Å². The highest BCUT2D eigenvalue weighted by Crippen LogP contribution is 2.46. The number of carboxylic acids is 1. The fraction of sp³-hybridized carbons (Fsp3) is 0.179. The fourth-order valence-corrected chi connectivity index (χ4v) is 4.75. The van der Waals surface area contributed by atoms with E-state index >= 15 is 0 Å². The summed E-state index contributed by atoms with van der Waals surface area (Å²) in [5.41, 5.74) is 4.13. The summed E-state index contributed by atoms with van der Waals surface area (Å²) in [5, 5.41) is 8.88. The molecule has 1 N–H and O–H groups in total. The monoisotopic (exact) mass is 523 g/mol. The number of halogens is 4. The summed E-state index contributed by atoms with van der Waals surface area (Å²) in [6.07, 6.45) is 7.00. The maximum atomic E-state index is 13.3. The third kappa shape index (κ3) is 5.15. The molecule has 3 heterocycles. The number of allylic oxidation sites excluding steroid dienone is 1. The standard InChI is InChI=1S/C28H21ClF3N3O2/c29-22-14-21(28(30,31)32)15-34-27(22)26(18-2-1-3-18)25(20-9-10-23-33-12-13-35(23)16-20)19-7-4-17(5-8-19)6-11-24(36)37/h4-16,18H,1-3H2,(H,36,37)/b11-6+,26-25+. The Labute approximate surface area is 215 Å². The number of benzene rings is 1. The second kappa shape index (κ2) is 9.86. The number of hydrogen-bond acceptors (Lipinski definition) is 3. The van der Waals surface area contributed by atoms with Gasteiger partial charge in [-0.2, -0.15) is 13.2 Å². The molecule has 1 aromatic carbocycles. The van der Waals surface area contributed by atoms with Gasteiger partial charge in [0, 0.05) is 30.9 Å². The van der Waals surface area contributed by atoms with Gasteiger partial charge in [-0.15, -0.1) is 0 Å². The van der Waals surface area contributed by atoms with E-state index in [0.717, 1.165) is 65.5 Å². The Kier molecular flexibility index (Phi) is 6.60. The highest BCUT2D eigenvalue weighted by atomic mass is 35.5. The number of rotatable bonds is 6. The van der Waals surface area contributed by atoms with Gasteiger partial charge in [-0.1, -0.05) is 42.3 Å². The van der Waals surface area contributed by atoms with Crippen LogP contribution >= 0.6 is 11.6 Å². The van der Waals surface area contributed by atoms with E-state index in [1.807, 2.05) is 41.1 Å². The van der Waals surface area contributed by atoms with Crippen molar-refractivity contribution in [2.24, 2.45) is 5.92 Å². The number of fused-ring (bicyclic) bond motifs is 1. The van der Waals surface area contributed by atoms with E-state index in [-0.39, 0.29) is 10.9 Å². The molecule has 1 saturated carbocycles. The van der Waals surface area contributed by atoms with Gasteiger partial charge in [0.15, 0.2) is 0 Å². The summed E-state index contributed by atoms with van der Waals surface area (Å²) in [7, 11) is 0. The van der Waals surface area contributed by atoms with Gasteiger partial charge < -0.3 is 9.51 Å². The van der Waals surface area contributed by atoms with Gasteiger partial charge in [-0.05, 0) is 70.9 Å². The average Bonchev–Trinajstić information content (AvgIpc) is 3.29. The first-order chi connectivity index (χ1) is 17.7. The van der Waals surface area contributed by atoms with Crippen LogP contribution < -0.4 is 0 Å². The average molecular weight is 524 g/mol. The molecule has 0 bridgehead atoms. The zero-order valence-electron chi connectivity index (χ0n) is 19.4. The van der Waals surface area contributed by atoms with Crippen LogP contribution in [0.2, 0.25) is 5.02 Å². The molecule has 1 fully saturated rings. The lowest BCUT2D eigenvalue weighted by atomic mass is 9.74. The molecule has 3 aromatic heterocycles. The Morgan fingerprint density at radius 3 is 2.43 bits per heavy atom. The predicted octanol–water partition coefficient (Wildman–Crippen LogP) is 7.26. The Balaban J connectivity index is 1.74. The van der Waals surface area contributed by atoms with Crippen LogP contribution in [0.5, 0.6) is 0 Å². The zero-order valence-corrected chi connectivity index (χ0v) is 20.2. The molecule has 0 amide bonds. The zero-order chi connectivity index (χ0) is 26.2. The smallest absolute Gasteiger partial charge is 0.417 e. The third-order valence-electron chi connectivity index (χ3n) is 6.50. The normalized spacial score (nSPS) is 15.1. The van der Waals surface area contributed by atoms with Gasteiger partial charge in [0.05, 0.1) is 16.3 Å². The van der Waals surface area contributed by atoms with Crippen LogP contribution in [0.1, 0.15) is 47.2 Å². The molecular weight excluding hydrogens is 503 g/mol. The molecule has 5 rings (SSSR count). The van der Waals surface area contributed by atoms with Crippen molar-refractivity contribution >= 4 is 40.4 Å². The molecule has 5 nitrogen and oxygen atoms in total. The maximum absolute atomic E-state index is 13.3. The first-order valence-corrected chi connectivity index (χ1v) is 12.0. The van der Waals surface area contributed by atoms with Gasteiger partial charge in [-0.3, -0.25) is 4.98 Å². The third-order valence-corrected chi connectivity index (χ3v) is 6.79. The van der Waals surface area contributed by atoms with E-state index in [0.29, 0.717) is 11.3 Å². The number of carbonyl (C=O) groups is 1. The first kappa shape index (κ1) is 24.8. The molecule has 1 aliphatic rings. The molecule has 0 saturated heterocycles. The molecule has 9 heteroatoms. The number of hydrogen-bond donors (Lipinski definition) is 1. The van der Waals surface area contributed by atoms with Gasteiger partial charge in [0.25, 0.3) is 0 Å². The van der Waals surface area contributed by atoms with Crippen molar-refractivity contribution in [2.75, 3.05) is 0 Å². The number of alkyl halides is 3. The summed E-state index contributed by atoms with van der Waals surface area (Å²) < 4.78 is 41.9. The van der Waals surface area contributed by atoms with Crippen molar-refractivity contribution in [3.05, 3.63) is 106 Å². The van der Waals surface area contributed by atoms with Crippen molar-refractivity contribution in [1.82, 2.24) is 14.4 Å². The summed E-state index contributed by atoms with van der Waals surface area (Å²) in [6.45, 7) is 0. The Bertz CT molecular complexity index is 1530. The van der Waals surface area contributed by atoms with E-state index in [1.54, 1.807) is 18.3 Å². The summed E-state index contributed by atoms with van der Waals surface area (Å²) in [6, 6.07) is 12.1. The number of aromatic nitrogens is 3. The van der Waals surface area contributed by atoms with E-state index in [2.05, 4.69) is 9.97 Å². The number of imidazole rings is 1. The quantitative estimate of drug-likeness (QED) is 0.270. The highest BCUT2D eigenvalue weighted by Gasteiger charge is 2.34. The van der Waals surface area contributed by atoms with Crippen LogP contribution in [-0.2, 0) is 11.0 Å². The molecule has 4 aromatic rings. The van der Waals surface area contributed by atoms with Crippen molar-refractivity contribution in [3.63, 3.8) is 0 Å². The van der Waals surface area contributed by atoms with E-state index < -0.39 is 17.7 Å². The molecule has 0 radical (unpaired) electrons. The first-order valence-electron chi connectivity index (χ1n) is 11.6. The molecule has 37 heavy (non-hydrogen) atoms. The number of carboxylic acid groups (broad SMARTS) is 1. The molecular formula is C28H21ClF3N3O2. The predicted molar refractivity (Wildman–Crippen MR) is 136 cm³/mol. The molecule has 0 atom stereocenters. The summed E-state index contributed by atoms with van der Waals surface area (Å²) in [5.74, 6) is -0.976. The number of pyridine rings is 2. The van der Waals surface area contributed by atoms with Crippen LogP contribution in [-0.4, -0.2) is 25.4 Å². The molecule has 188 valence electrons. The Hall–Kier alpha value is -3.91. The van der Waals surface area contributed by atoms with Crippen LogP contribution in [0.3, 0.4) is 0 Å². The van der Waals surface area contributed by atoms with E-state index in [1.165, 1.54) is 6.08 Å². The van der Waals surface area contributed by atoms with E-state index in [4.69, 9.17) is 16.7 Å². The van der Waals surface area contributed by atoms with Crippen LogP contribution in [0, 0.1) is 5.92 Å². The topological polar surface area (TPSA) is 67.5 Å². The van der Waals surface area contributed by atoms with Crippen LogP contribution in [0.25, 0.3) is 22.9 Å². The second-order valence-electron chi connectivity index (χ2n) is 8.87. The van der Waals surface area contributed by atoms with Gasteiger partial charge >= 0.3 is 12.1 Å². The van der Waals surface area contributed by atoms with Crippen molar-refractivity contribution in [2.45, 2.75) is 25.4 Å². The molecule has 0 spiro atoms. The van der Waals surface area contributed by atoms with E-state index in [9.17, 15) is 18.0 Å². The van der Waals surface area contributed by atoms with Crippen molar-refractivity contribution in [1.29, 1.82) is 0 Å². The summed E-state index contributed by atoms with van der Waals surface area (Å²) in [4.78, 5) is 19.4. The van der Waals surface area contributed by atoms with Gasteiger partial charge in [-0.25, -0.2) is 9.78 Å². The Morgan fingerprint density at radius 2 is 1.81 bits per heavy atom. The minimum atomic E-state index is -4.55. The number of nitrogens with zero attached hydrogens (tertiary/aromatic N) is 3. The second-order valence-corrected chi connectivity index (χ2v) is 9.28. The largest absolute Gasteiger partial charge is 0.478 e. The van der Waals surface area contributed by atoms with Gasteiger partial charge in [0.2, 0.25) is 0 Å². The minimum Gasteiger partial charge on any atom is -0.478 e. The lowest BCUT2D eigenvalue weighted by Crippen LogP contribution is -2.17.